The minimum absolute atomic E-state index is 0.213. The van der Waals surface area contributed by atoms with E-state index in [1.165, 1.54) is 0 Å². The van der Waals surface area contributed by atoms with Crippen molar-refractivity contribution in [2.45, 2.75) is 6.92 Å². The van der Waals surface area contributed by atoms with Gasteiger partial charge in [-0.2, -0.15) is 0 Å². The van der Waals surface area contributed by atoms with Crippen LogP contribution in [0.1, 0.15) is 17.3 Å². The summed E-state index contributed by atoms with van der Waals surface area (Å²) in [5.41, 5.74) is 2.28. The summed E-state index contributed by atoms with van der Waals surface area (Å²) in [4.78, 5) is 14.5. The number of benzene rings is 2. The Morgan fingerprint density at radius 1 is 1.21 bits per heavy atom. The molecule has 24 heavy (non-hydrogen) atoms. The number of ether oxygens (including phenoxy) is 2. The second-order valence-electron chi connectivity index (χ2n) is 5.32. The quantitative estimate of drug-likeness (QED) is 0.800. The van der Waals surface area contributed by atoms with Gasteiger partial charge in [-0.3, -0.25) is 4.79 Å². The van der Waals surface area contributed by atoms with Crippen LogP contribution < -0.4 is 19.7 Å². The highest BCUT2D eigenvalue weighted by Gasteiger charge is 2.15. The molecular formula is C18H21BrN2O3. The fraction of sp³-hybridized carbons (Fsp3) is 0.278. The number of carbonyl (C=O) groups excluding carboxylic acids is 1. The van der Waals surface area contributed by atoms with Crippen molar-refractivity contribution in [2.24, 2.45) is 0 Å². The highest BCUT2D eigenvalue weighted by atomic mass is 79.9. The van der Waals surface area contributed by atoms with Gasteiger partial charge in [0.1, 0.15) is 0 Å². The number of nitrogens with zero attached hydrogens (tertiary/aromatic N) is 1. The van der Waals surface area contributed by atoms with E-state index in [0.717, 1.165) is 11.4 Å². The molecule has 0 atom stereocenters. The number of halogens is 1. The van der Waals surface area contributed by atoms with Crippen molar-refractivity contribution in [1.82, 2.24) is 0 Å². The fourth-order valence-corrected chi connectivity index (χ4v) is 2.74. The van der Waals surface area contributed by atoms with Crippen molar-refractivity contribution in [1.29, 1.82) is 0 Å². The van der Waals surface area contributed by atoms with Gasteiger partial charge < -0.3 is 19.7 Å². The molecule has 0 fully saturated rings. The molecule has 0 spiro atoms. The molecule has 128 valence electrons. The zero-order valence-electron chi connectivity index (χ0n) is 14.2. The molecular weight excluding hydrogens is 372 g/mol. The Labute approximate surface area is 150 Å². The van der Waals surface area contributed by atoms with Crippen LogP contribution in [0, 0.1) is 0 Å². The largest absolute Gasteiger partial charge is 0.493 e. The molecule has 0 aliphatic carbocycles. The number of carbonyl (C=O) groups is 1. The number of rotatable bonds is 6. The lowest BCUT2D eigenvalue weighted by molar-refractivity contribution is 0.102. The second kappa shape index (κ2) is 8.06. The van der Waals surface area contributed by atoms with Crippen molar-refractivity contribution in [3.63, 3.8) is 0 Å². The maximum absolute atomic E-state index is 12.5. The van der Waals surface area contributed by atoms with E-state index >= 15 is 0 Å². The van der Waals surface area contributed by atoms with E-state index in [2.05, 4.69) is 21.2 Å². The lowest BCUT2D eigenvalue weighted by Crippen LogP contribution is -2.13. The van der Waals surface area contributed by atoms with Gasteiger partial charge in [-0.15, -0.1) is 0 Å². The molecule has 0 aliphatic heterocycles. The predicted molar refractivity (Wildman–Crippen MR) is 101 cm³/mol. The molecule has 0 unspecified atom stereocenters. The third kappa shape index (κ3) is 4.20. The number of anilines is 2. The van der Waals surface area contributed by atoms with Gasteiger partial charge in [0.2, 0.25) is 0 Å². The van der Waals surface area contributed by atoms with Crippen molar-refractivity contribution >= 4 is 33.2 Å². The molecule has 0 bridgehead atoms. The molecule has 2 aromatic carbocycles. The highest BCUT2D eigenvalue weighted by Crippen LogP contribution is 2.36. The maximum atomic E-state index is 12.5. The van der Waals surface area contributed by atoms with Gasteiger partial charge in [-0.25, -0.2) is 0 Å². The SMILES string of the molecule is CCOc1c(Br)cc(C(=O)Nc2ccc(N(C)C)cc2)cc1OC. The number of nitrogens with one attached hydrogen (secondary N) is 1. The van der Waals surface area contributed by atoms with Crippen LogP contribution in [0.5, 0.6) is 11.5 Å². The Morgan fingerprint density at radius 3 is 2.42 bits per heavy atom. The summed E-state index contributed by atoms with van der Waals surface area (Å²) in [6, 6.07) is 11.0. The maximum Gasteiger partial charge on any atom is 0.255 e. The van der Waals surface area contributed by atoms with Gasteiger partial charge >= 0.3 is 0 Å². The molecule has 0 heterocycles. The number of amides is 1. The number of hydrogen-bond donors (Lipinski definition) is 1. The molecule has 0 aromatic heterocycles. The zero-order chi connectivity index (χ0) is 17.7. The Balaban J connectivity index is 2.21. The first kappa shape index (κ1) is 18.1. The average molecular weight is 393 g/mol. The van der Waals surface area contributed by atoms with Crippen LogP contribution in [-0.4, -0.2) is 33.7 Å². The number of methoxy groups -OCH3 is 1. The average Bonchev–Trinajstić information content (AvgIpc) is 2.57. The smallest absolute Gasteiger partial charge is 0.255 e. The highest BCUT2D eigenvalue weighted by molar-refractivity contribution is 9.10. The van der Waals surface area contributed by atoms with Crippen LogP contribution in [0.15, 0.2) is 40.9 Å². The van der Waals surface area contributed by atoms with Crippen LogP contribution in [0.3, 0.4) is 0 Å². The predicted octanol–water partition coefficient (Wildman–Crippen LogP) is 4.17. The van der Waals surface area contributed by atoms with Gasteiger partial charge in [0.15, 0.2) is 11.5 Å². The Morgan fingerprint density at radius 2 is 1.88 bits per heavy atom. The third-order valence-corrected chi connectivity index (χ3v) is 4.01. The summed E-state index contributed by atoms with van der Waals surface area (Å²) < 4.78 is 11.5. The van der Waals surface area contributed by atoms with E-state index in [4.69, 9.17) is 9.47 Å². The first-order valence-corrected chi connectivity index (χ1v) is 8.34. The molecule has 2 aromatic rings. The molecule has 0 saturated carbocycles. The van der Waals surface area contributed by atoms with Crippen molar-refractivity contribution in [2.75, 3.05) is 38.0 Å². The van der Waals surface area contributed by atoms with Gasteiger partial charge in [0.05, 0.1) is 18.2 Å². The van der Waals surface area contributed by atoms with E-state index in [0.29, 0.717) is 28.1 Å². The van der Waals surface area contributed by atoms with Crippen molar-refractivity contribution in [3.8, 4) is 11.5 Å². The molecule has 0 aliphatic rings. The minimum atomic E-state index is -0.213. The monoisotopic (exact) mass is 392 g/mol. The lowest BCUT2D eigenvalue weighted by atomic mass is 10.1. The zero-order valence-corrected chi connectivity index (χ0v) is 15.8. The van der Waals surface area contributed by atoms with Crippen molar-refractivity contribution in [3.05, 3.63) is 46.4 Å². The molecule has 1 amide bonds. The Bertz CT molecular complexity index is 715. The van der Waals surface area contributed by atoms with Crippen LogP contribution in [-0.2, 0) is 0 Å². The normalized spacial score (nSPS) is 10.2. The van der Waals surface area contributed by atoms with Gasteiger partial charge in [-0.05, 0) is 59.3 Å². The molecule has 6 heteroatoms. The minimum Gasteiger partial charge on any atom is -0.493 e. The summed E-state index contributed by atoms with van der Waals surface area (Å²) in [6.45, 7) is 2.41. The Hall–Kier alpha value is -2.21. The summed E-state index contributed by atoms with van der Waals surface area (Å²) in [6.07, 6.45) is 0. The molecule has 0 radical (unpaired) electrons. The molecule has 1 N–H and O–H groups in total. The van der Waals surface area contributed by atoms with Crippen LogP contribution in [0.2, 0.25) is 0 Å². The standard InChI is InChI=1S/C18H21BrN2O3/c1-5-24-17-15(19)10-12(11-16(17)23-4)18(22)20-13-6-8-14(9-7-13)21(2)3/h6-11H,5H2,1-4H3,(H,20,22). The van der Waals surface area contributed by atoms with E-state index in [1.807, 2.05) is 50.2 Å². The van der Waals surface area contributed by atoms with E-state index < -0.39 is 0 Å². The van der Waals surface area contributed by atoms with Gasteiger partial charge in [0.25, 0.3) is 5.91 Å². The summed E-state index contributed by atoms with van der Waals surface area (Å²) in [7, 11) is 5.49. The lowest BCUT2D eigenvalue weighted by Gasteiger charge is -2.14. The molecule has 0 saturated heterocycles. The van der Waals surface area contributed by atoms with Crippen LogP contribution in [0.4, 0.5) is 11.4 Å². The van der Waals surface area contributed by atoms with Crippen LogP contribution in [0.25, 0.3) is 0 Å². The summed E-state index contributed by atoms with van der Waals surface area (Å²) in [5, 5.41) is 2.88. The van der Waals surface area contributed by atoms with E-state index in [-0.39, 0.29) is 5.91 Å². The first-order chi connectivity index (χ1) is 11.5. The topological polar surface area (TPSA) is 50.8 Å². The second-order valence-corrected chi connectivity index (χ2v) is 6.17. The Kier molecular flexibility index (Phi) is 6.09. The van der Waals surface area contributed by atoms with Gasteiger partial charge in [-0.1, -0.05) is 0 Å². The molecule has 2 rings (SSSR count). The summed E-state index contributed by atoms with van der Waals surface area (Å²) in [5.74, 6) is 0.890. The number of hydrogen-bond acceptors (Lipinski definition) is 4. The molecule has 5 nitrogen and oxygen atoms in total. The van der Waals surface area contributed by atoms with Crippen molar-refractivity contribution < 1.29 is 14.3 Å². The fourth-order valence-electron chi connectivity index (χ4n) is 2.18. The first-order valence-electron chi connectivity index (χ1n) is 7.55. The van der Waals surface area contributed by atoms with Crippen LogP contribution >= 0.6 is 15.9 Å². The van der Waals surface area contributed by atoms with E-state index in [1.54, 1.807) is 19.2 Å². The van der Waals surface area contributed by atoms with E-state index in [9.17, 15) is 4.79 Å². The third-order valence-electron chi connectivity index (χ3n) is 3.42. The van der Waals surface area contributed by atoms with Gasteiger partial charge in [0, 0.05) is 31.0 Å². The summed E-state index contributed by atoms with van der Waals surface area (Å²) >= 11 is 3.43.